The van der Waals surface area contributed by atoms with Crippen molar-refractivity contribution in [3.8, 4) is 6.07 Å². The molecule has 0 N–H and O–H groups in total. The first-order valence-electron chi connectivity index (χ1n) is 6.16. The highest BCUT2D eigenvalue weighted by atomic mass is 32.2. The zero-order valence-corrected chi connectivity index (χ0v) is 12.5. The summed E-state index contributed by atoms with van der Waals surface area (Å²) in [7, 11) is 0. The largest absolute Gasteiger partial charge is 0.466 e. The van der Waals surface area contributed by atoms with E-state index in [0.29, 0.717) is 10.6 Å². The normalized spacial score (nSPS) is 9.90. The number of aromatic nitrogens is 1. The number of carbonyl (C=O) groups excluding carboxylic acids is 2. The van der Waals surface area contributed by atoms with E-state index in [4.69, 9.17) is 10.00 Å². The minimum absolute atomic E-state index is 0.100. The molecular formula is C14H16N2O3S. The Kier molecular flexibility index (Phi) is 6.19. The van der Waals surface area contributed by atoms with Crippen molar-refractivity contribution in [2.24, 2.45) is 0 Å². The van der Waals surface area contributed by atoms with Crippen LogP contribution in [0, 0.1) is 25.2 Å². The first-order valence-corrected chi connectivity index (χ1v) is 7.15. The number of hydrogen-bond donors (Lipinski definition) is 0. The number of nitrogens with zero attached hydrogens (tertiary/aromatic N) is 2. The van der Waals surface area contributed by atoms with Crippen LogP contribution in [0.4, 0.5) is 0 Å². The Morgan fingerprint density at radius 1 is 1.45 bits per heavy atom. The maximum absolute atomic E-state index is 11.6. The fourth-order valence-corrected chi connectivity index (χ4v) is 2.31. The van der Waals surface area contributed by atoms with Crippen LogP contribution in [0.25, 0.3) is 0 Å². The molecule has 0 aliphatic heterocycles. The minimum Gasteiger partial charge on any atom is -0.466 e. The molecule has 0 aliphatic rings. The molecule has 1 rings (SSSR count). The molecule has 106 valence electrons. The second kappa shape index (κ2) is 7.65. The standard InChI is InChI=1S/C14H16N2O3S/c1-4-19-13(18)6-12(17)8-20-14-11(7-15)5-9(2)10(3)16-14/h5H,4,6,8H2,1-3H3. The lowest BCUT2D eigenvalue weighted by atomic mass is 10.2. The summed E-state index contributed by atoms with van der Waals surface area (Å²) in [5.41, 5.74) is 2.20. The van der Waals surface area contributed by atoms with E-state index < -0.39 is 5.97 Å². The molecule has 6 heteroatoms. The van der Waals surface area contributed by atoms with Crippen LogP contribution in [-0.2, 0) is 14.3 Å². The van der Waals surface area contributed by atoms with Crippen LogP contribution in [0.3, 0.4) is 0 Å². The summed E-state index contributed by atoms with van der Waals surface area (Å²) in [4.78, 5) is 27.1. The maximum Gasteiger partial charge on any atom is 0.313 e. The topological polar surface area (TPSA) is 80.1 Å². The third kappa shape index (κ3) is 4.67. The van der Waals surface area contributed by atoms with Gasteiger partial charge in [-0.15, -0.1) is 0 Å². The summed E-state index contributed by atoms with van der Waals surface area (Å²) in [5, 5.41) is 9.57. The van der Waals surface area contributed by atoms with Gasteiger partial charge in [-0.2, -0.15) is 5.26 Å². The summed E-state index contributed by atoms with van der Waals surface area (Å²) >= 11 is 1.17. The number of ether oxygens (including phenoxy) is 1. The second-order valence-electron chi connectivity index (χ2n) is 4.16. The number of hydrogen-bond acceptors (Lipinski definition) is 6. The van der Waals surface area contributed by atoms with Gasteiger partial charge in [-0.05, 0) is 32.4 Å². The number of ketones is 1. The Hall–Kier alpha value is -1.87. The molecule has 0 bridgehead atoms. The van der Waals surface area contributed by atoms with Gasteiger partial charge in [-0.1, -0.05) is 11.8 Å². The molecule has 0 fully saturated rings. The Morgan fingerprint density at radius 2 is 2.15 bits per heavy atom. The molecule has 20 heavy (non-hydrogen) atoms. The highest BCUT2D eigenvalue weighted by Crippen LogP contribution is 2.22. The predicted molar refractivity (Wildman–Crippen MR) is 75.4 cm³/mol. The van der Waals surface area contributed by atoms with Crippen LogP contribution in [0.2, 0.25) is 0 Å². The maximum atomic E-state index is 11.6. The summed E-state index contributed by atoms with van der Waals surface area (Å²) in [6, 6.07) is 3.81. The molecule has 1 aromatic rings. The lowest BCUT2D eigenvalue weighted by molar-refractivity contribution is -0.145. The first-order chi connectivity index (χ1) is 9.47. The van der Waals surface area contributed by atoms with E-state index in [1.54, 1.807) is 13.0 Å². The SMILES string of the molecule is CCOC(=O)CC(=O)CSc1nc(C)c(C)cc1C#N. The van der Waals surface area contributed by atoms with Crippen LogP contribution in [0.5, 0.6) is 0 Å². The molecule has 0 aliphatic carbocycles. The highest BCUT2D eigenvalue weighted by molar-refractivity contribution is 8.00. The number of nitriles is 1. The fourth-order valence-electron chi connectivity index (χ4n) is 1.45. The van der Waals surface area contributed by atoms with Gasteiger partial charge in [0.25, 0.3) is 0 Å². The summed E-state index contributed by atoms with van der Waals surface area (Å²) in [6.45, 7) is 5.68. The Morgan fingerprint density at radius 3 is 2.75 bits per heavy atom. The molecule has 0 amide bonds. The fraction of sp³-hybridized carbons (Fsp3) is 0.429. The van der Waals surface area contributed by atoms with Gasteiger partial charge in [0.1, 0.15) is 17.5 Å². The number of thioether (sulfide) groups is 1. The Balaban J connectivity index is 2.66. The summed E-state index contributed by atoms with van der Waals surface area (Å²) in [5.74, 6) is -0.660. The van der Waals surface area contributed by atoms with Crippen LogP contribution < -0.4 is 0 Å². The molecule has 5 nitrogen and oxygen atoms in total. The molecule has 0 saturated carbocycles. The van der Waals surface area contributed by atoms with Crippen molar-refractivity contribution in [1.29, 1.82) is 5.26 Å². The monoisotopic (exact) mass is 292 g/mol. The molecule has 0 radical (unpaired) electrons. The van der Waals surface area contributed by atoms with E-state index in [1.807, 2.05) is 13.8 Å². The van der Waals surface area contributed by atoms with Crippen molar-refractivity contribution >= 4 is 23.5 Å². The average molecular weight is 292 g/mol. The van der Waals surface area contributed by atoms with Crippen molar-refractivity contribution in [1.82, 2.24) is 4.98 Å². The Bertz CT molecular complexity index is 564. The van der Waals surface area contributed by atoms with Gasteiger partial charge in [0, 0.05) is 5.69 Å². The number of Topliss-reactive ketones (excluding diaryl/α,β-unsaturated/α-hetero) is 1. The third-order valence-electron chi connectivity index (χ3n) is 2.57. The van der Waals surface area contributed by atoms with E-state index in [-0.39, 0.29) is 24.6 Å². The number of aryl methyl sites for hydroxylation is 2. The molecule has 0 atom stereocenters. The van der Waals surface area contributed by atoms with Crippen LogP contribution in [0.1, 0.15) is 30.2 Å². The van der Waals surface area contributed by atoms with E-state index in [2.05, 4.69) is 11.1 Å². The zero-order chi connectivity index (χ0) is 15.1. The molecule has 1 heterocycles. The zero-order valence-electron chi connectivity index (χ0n) is 11.7. The number of rotatable bonds is 6. The van der Waals surface area contributed by atoms with Crippen LogP contribution in [-0.4, -0.2) is 29.1 Å². The first kappa shape index (κ1) is 16.2. The van der Waals surface area contributed by atoms with Crippen molar-refractivity contribution in [2.45, 2.75) is 32.2 Å². The van der Waals surface area contributed by atoms with Gasteiger partial charge in [0.2, 0.25) is 0 Å². The van der Waals surface area contributed by atoms with E-state index in [0.717, 1.165) is 11.3 Å². The minimum atomic E-state index is -0.522. The van der Waals surface area contributed by atoms with Crippen molar-refractivity contribution in [2.75, 3.05) is 12.4 Å². The van der Waals surface area contributed by atoms with Gasteiger partial charge in [-0.25, -0.2) is 4.98 Å². The highest BCUT2D eigenvalue weighted by Gasteiger charge is 2.13. The molecular weight excluding hydrogens is 276 g/mol. The number of pyridine rings is 1. The predicted octanol–water partition coefficient (Wildman–Crippen LogP) is 2.18. The smallest absolute Gasteiger partial charge is 0.313 e. The third-order valence-corrected chi connectivity index (χ3v) is 3.62. The molecule has 0 spiro atoms. The van der Waals surface area contributed by atoms with E-state index >= 15 is 0 Å². The van der Waals surface area contributed by atoms with Gasteiger partial charge in [-0.3, -0.25) is 9.59 Å². The molecule has 1 aromatic heterocycles. The van der Waals surface area contributed by atoms with Gasteiger partial charge >= 0.3 is 5.97 Å². The van der Waals surface area contributed by atoms with Gasteiger partial charge < -0.3 is 4.74 Å². The van der Waals surface area contributed by atoms with Crippen molar-refractivity contribution in [3.63, 3.8) is 0 Å². The van der Waals surface area contributed by atoms with Crippen LogP contribution >= 0.6 is 11.8 Å². The van der Waals surface area contributed by atoms with Crippen molar-refractivity contribution in [3.05, 3.63) is 22.9 Å². The van der Waals surface area contributed by atoms with Crippen LogP contribution in [0.15, 0.2) is 11.1 Å². The molecule has 0 unspecified atom stereocenters. The summed E-state index contributed by atoms with van der Waals surface area (Å²) < 4.78 is 4.71. The number of esters is 1. The molecule has 0 aromatic carbocycles. The number of carbonyl (C=O) groups is 2. The van der Waals surface area contributed by atoms with E-state index in [9.17, 15) is 9.59 Å². The lowest BCUT2D eigenvalue weighted by Crippen LogP contribution is -2.13. The second-order valence-corrected chi connectivity index (χ2v) is 5.13. The van der Waals surface area contributed by atoms with E-state index in [1.165, 1.54) is 11.8 Å². The average Bonchev–Trinajstić information content (AvgIpc) is 2.39. The summed E-state index contributed by atoms with van der Waals surface area (Å²) in [6.07, 6.45) is -0.242. The van der Waals surface area contributed by atoms with Crippen molar-refractivity contribution < 1.29 is 14.3 Å². The quantitative estimate of drug-likeness (QED) is 0.454. The lowest BCUT2D eigenvalue weighted by Gasteiger charge is -2.06. The molecule has 0 saturated heterocycles. The Labute approximate surface area is 122 Å². The van der Waals surface area contributed by atoms with Gasteiger partial charge in [0.15, 0.2) is 5.78 Å². The van der Waals surface area contributed by atoms with Gasteiger partial charge in [0.05, 0.1) is 17.9 Å².